The minimum Gasteiger partial charge on any atom is -0.390 e. The molecule has 0 aromatic heterocycles. The van der Waals surface area contributed by atoms with Crippen LogP contribution < -0.4 is 0 Å². The molecule has 0 spiro atoms. The van der Waals surface area contributed by atoms with Crippen molar-refractivity contribution >= 4 is 0 Å². The summed E-state index contributed by atoms with van der Waals surface area (Å²) in [5.41, 5.74) is 0.185. The Bertz CT molecular complexity index is 150. The molecule has 0 heterocycles. The summed E-state index contributed by atoms with van der Waals surface area (Å²) in [6.07, 6.45) is 0.422. The second-order valence-electron chi connectivity index (χ2n) is 4.96. The van der Waals surface area contributed by atoms with Gasteiger partial charge in [-0.2, -0.15) is 0 Å². The van der Waals surface area contributed by atoms with E-state index in [9.17, 15) is 9.50 Å². The van der Waals surface area contributed by atoms with Crippen LogP contribution in [0.25, 0.3) is 0 Å². The van der Waals surface area contributed by atoms with Crippen LogP contribution in [0.5, 0.6) is 0 Å². The molecule has 72 valence electrons. The zero-order chi connectivity index (χ0) is 9.35. The van der Waals surface area contributed by atoms with Gasteiger partial charge in [0.05, 0.1) is 6.10 Å². The number of hydrogen-bond donors (Lipinski definition) is 1. The first-order valence-corrected chi connectivity index (χ1v) is 4.73. The lowest BCUT2D eigenvalue weighted by Crippen LogP contribution is -2.35. The fourth-order valence-corrected chi connectivity index (χ4v) is 1.89. The summed E-state index contributed by atoms with van der Waals surface area (Å²) < 4.78 is 13.1. The maximum Gasteiger partial charge on any atom is 0.126 e. The van der Waals surface area contributed by atoms with Gasteiger partial charge in [-0.3, -0.25) is 0 Å². The highest BCUT2D eigenvalue weighted by atomic mass is 19.1. The lowest BCUT2D eigenvalue weighted by atomic mass is 9.71. The van der Waals surface area contributed by atoms with Gasteiger partial charge in [-0.15, -0.1) is 0 Å². The van der Waals surface area contributed by atoms with Gasteiger partial charge < -0.3 is 5.11 Å². The first kappa shape index (κ1) is 9.97. The Balaban J connectivity index is 2.51. The second kappa shape index (κ2) is 3.33. The highest BCUT2D eigenvalue weighted by Gasteiger charge is 2.34. The average molecular weight is 174 g/mol. The summed E-state index contributed by atoms with van der Waals surface area (Å²) in [7, 11) is 0. The maximum atomic E-state index is 13.1. The van der Waals surface area contributed by atoms with Crippen LogP contribution in [0, 0.1) is 11.3 Å². The van der Waals surface area contributed by atoms with E-state index >= 15 is 0 Å². The monoisotopic (exact) mass is 174 g/mol. The molecule has 0 aromatic carbocycles. The molecule has 1 aliphatic carbocycles. The van der Waals surface area contributed by atoms with E-state index in [1.807, 2.05) is 0 Å². The average Bonchev–Trinajstić information content (AvgIpc) is 1.92. The molecule has 12 heavy (non-hydrogen) atoms. The van der Waals surface area contributed by atoms with Crippen LogP contribution in [0.2, 0.25) is 0 Å². The van der Waals surface area contributed by atoms with E-state index in [0.29, 0.717) is 18.8 Å². The van der Waals surface area contributed by atoms with Gasteiger partial charge in [0, 0.05) is 0 Å². The van der Waals surface area contributed by atoms with E-state index in [1.165, 1.54) is 0 Å². The first-order valence-electron chi connectivity index (χ1n) is 4.73. The Morgan fingerprint density at radius 3 is 2.25 bits per heavy atom. The highest BCUT2D eigenvalue weighted by Crippen LogP contribution is 2.38. The Hall–Kier alpha value is -0.110. The number of aliphatic hydroxyl groups is 1. The molecule has 0 aromatic rings. The Kier molecular flexibility index (Phi) is 2.77. The molecule has 0 bridgehead atoms. The summed E-state index contributed by atoms with van der Waals surface area (Å²) in [6.45, 7) is 6.42. The van der Waals surface area contributed by atoms with Crippen molar-refractivity contribution in [2.45, 2.75) is 52.3 Å². The van der Waals surface area contributed by atoms with Gasteiger partial charge >= 0.3 is 0 Å². The van der Waals surface area contributed by atoms with Gasteiger partial charge in [-0.1, -0.05) is 20.8 Å². The summed E-state index contributed by atoms with van der Waals surface area (Å²) in [5.74, 6) is 0.427. The van der Waals surface area contributed by atoms with Gasteiger partial charge in [0.15, 0.2) is 0 Å². The first-order chi connectivity index (χ1) is 5.41. The van der Waals surface area contributed by atoms with E-state index < -0.39 is 12.3 Å². The zero-order valence-corrected chi connectivity index (χ0v) is 8.18. The van der Waals surface area contributed by atoms with E-state index in [2.05, 4.69) is 20.8 Å². The van der Waals surface area contributed by atoms with Crippen LogP contribution in [-0.2, 0) is 0 Å². The van der Waals surface area contributed by atoms with Crippen molar-refractivity contribution < 1.29 is 9.50 Å². The molecule has 1 nitrogen and oxygen atoms in total. The summed E-state index contributed by atoms with van der Waals surface area (Å²) in [5, 5.41) is 9.19. The largest absolute Gasteiger partial charge is 0.390 e. The van der Waals surface area contributed by atoms with Gasteiger partial charge in [0.1, 0.15) is 6.17 Å². The molecule has 3 atom stereocenters. The SMILES string of the molecule is CC(C)(C)[C@@H]1CC[C@@H](O)[C@@H](F)C1. The minimum absolute atomic E-state index is 0.185. The summed E-state index contributed by atoms with van der Waals surface area (Å²) in [6, 6.07) is 0. The molecule has 1 N–H and O–H groups in total. The van der Waals surface area contributed by atoms with Crippen LogP contribution in [0.3, 0.4) is 0 Å². The molecular weight excluding hydrogens is 155 g/mol. The van der Waals surface area contributed by atoms with E-state index in [-0.39, 0.29) is 5.41 Å². The third kappa shape index (κ3) is 2.19. The predicted octanol–water partition coefficient (Wildman–Crippen LogP) is 2.53. The van der Waals surface area contributed by atoms with Crippen molar-refractivity contribution in [1.82, 2.24) is 0 Å². The fourth-order valence-electron chi connectivity index (χ4n) is 1.89. The molecule has 0 radical (unpaired) electrons. The molecule has 1 rings (SSSR count). The van der Waals surface area contributed by atoms with E-state index in [0.717, 1.165) is 6.42 Å². The van der Waals surface area contributed by atoms with Crippen LogP contribution in [-0.4, -0.2) is 17.4 Å². The number of halogens is 1. The van der Waals surface area contributed by atoms with E-state index in [1.54, 1.807) is 0 Å². The molecule has 1 saturated carbocycles. The quantitative estimate of drug-likeness (QED) is 0.598. The van der Waals surface area contributed by atoms with E-state index in [4.69, 9.17) is 0 Å². The number of alkyl halides is 1. The zero-order valence-electron chi connectivity index (χ0n) is 8.18. The standard InChI is InChI=1S/C10H19FO/c1-10(2,3)7-4-5-9(12)8(11)6-7/h7-9,12H,4-6H2,1-3H3/t7-,8+,9-/m1/s1. The van der Waals surface area contributed by atoms with Crippen molar-refractivity contribution in [1.29, 1.82) is 0 Å². The lowest BCUT2D eigenvalue weighted by molar-refractivity contribution is 0.000313. The van der Waals surface area contributed by atoms with Crippen molar-refractivity contribution in [3.05, 3.63) is 0 Å². The van der Waals surface area contributed by atoms with Gasteiger partial charge in [0.2, 0.25) is 0 Å². The maximum absolute atomic E-state index is 13.1. The Morgan fingerprint density at radius 2 is 1.83 bits per heavy atom. The number of rotatable bonds is 0. The van der Waals surface area contributed by atoms with Crippen molar-refractivity contribution in [2.75, 3.05) is 0 Å². The molecule has 2 heteroatoms. The minimum atomic E-state index is -0.997. The fraction of sp³-hybridized carbons (Fsp3) is 1.00. The predicted molar refractivity (Wildman–Crippen MR) is 47.7 cm³/mol. The van der Waals surface area contributed by atoms with Gasteiger partial charge in [-0.05, 0) is 30.6 Å². The smallest absolute Gasteiger partial charge is 0.126 e. The van der Waals surface area contributed by atoms with Crippen LogP contribution >= 0.6 is 0 Å². The van der Waals surface area contributed by atoms with Gasteiger partial charge in [0.25, 0.3) is 0 Å². The molecule has 0 amide bonds. The molecule has 0 unspecified atom stereocenters. The molecule has 1 aliphatic rings. The Labute approximate surface area is 74.0 Å². The number of aliphatic hydroxyl groups excluding tert-OH is 1. The molecular formula is C10H19FO. The second-order valence-corrected chi connectivity index (χ2v) is 4.96. The van der Waals surface area contributed by atoms with Crippen LogP contribution in [0.4, 0.5) is 4.39 Å². The Morgan fingerprint density at radius 1 is 1.25 bits per heavy atom. The summed E-state index contributed by atoms with van der Waals surface area (Å²) in [4.78, 5) is 0. The highest BCUT2D eigenvalue weighted by molar-refractivity contribution is 4.85. The third-order valence-corrected chi connectivity index (χ3v) is 2.96. The van der Waals surface area contributed by atoms with Crippen molar-refractivity contribution in [2.24, 2.45) is 11.3 Å². The summed E-state index contributed by atoms with van der Waals surface area (Å²) >= 11 is 0. The lowest BCUT2D eigenvalue weighted by Gasteiger charge is -2.37. The van der Waals surface area contributed by atoms with Gasteiger partial charge in [-0.25, -0.2) is 4.39 Å². The topological polar surface area (TPSA) is 20.2 Å². The molecule has 0 aliphatic heterocycles. The number of hydrogen-bond acceptors (Lipinski definition) is 1. The van der Waals surface area contributed by atoms with Crippen LogP contribution in [0.1, 0.15) is 40.0 Å². The normalized spacial score (nSPS) is 38.2. The van der Waals surface area contributed by atoms with Crippen molar-refractivity contribution in [3.8, 4) is 0 Å². The molecule has 0 saturated heterocycles. The van der Waals surface area contributed by atoms with Crippen molar-refractivity contribution in [3.63, 3.8) is 0 Å². The van der Waals surface area contributed by atoms with Crippen LogP contribution in [0.15, 0.2) is 0 Å². The molecule has 1 fully saturated rings. The third-order valence-electron chi connectivity index (χ3n) is 2.96.